The van der Waals surface area contributed by atoms with E-state index in [1.165, 1.54) is 0 Å². The Kier molecular flexibility index (Phi) is 4.14. The molecule has 0 unspecified atom stereocenters. The summed E-state index contributed by atoms with van der Waals surface area (Å²) in [5, 5.41) is 18.1. The van der Waals surface area contributed by atoms with Gasteiger partial charge in [-0.25, -0.2) is 4.79 Å². The van der Waals surface area contributed by atoms with Gasteiger partial charge in [-0.3, -0.25) is 9.89 Å². The Morgan fingerprint density at radius 1 is 1.30 bits per heavy atom. The van der Waals surface area contributed by atoms with Crippen LogP contribution >= 0.6 is 0 Å². The van der Waals surface area contributed by atoms with Gasteiger partial charge >= 0.3 is 5.97 Å². The summed E-state index contributed by atoms with van der Waals surface area (Å²) in [4.78, 5) is 22.4. The van der Waals surface area contributed by atoms with E-state index in [9.17, 15) is 9.59 Å². The third-order valence-electron chi connectivity index (χ3n) is 2.84. The minimum atomic E-state index is -0.946. The van der Waals surface area contributed by atoms with Gasteiger partial charge in [-0.2, -0.15) is 5.10 Å². The maximum absolute atomic E-state index is 11.7. The van der Waals surface area contributed by atoms with Gasteiger partial charge in [0.2, 0.25) is 0 Å². The van der Waals surface area contributed by atoms with Gasteiger partial charge in [-0.1, -0.05) is 12.1 Å². The van der Waals surface area contributed by atoms with Crippen molar-refractivity contribution in [3.05, 3.63) is 52.8 Å². The van der Waals surface area contributed by atoms with E-state index >= 15 is 0 Å². The van der Waals surface area contributed by atoms with Crippen molar-refractivity contribution in [3.63, 3.8) is 0 Å². The van der Waals surface area contributed by atoms with Gasteiger partial charge in [-0.15, -0.1) is 0 Å². The van der Waals surface area contributed by atoms with Crippen molar-refractivity contribution >= 4 is 11.9 Å². The lowest BCUT2D eigenvalue weighted by Gasteiger charge is -2.04. The molecule has 0 bridgehead atoms. The molecule has 0 aliphatic heterocycles. The van der Waals surface area contributed by atoms with Crippen molar-refractivity contribution in [1.29, 1.82) is 0 Å². The summed E-state index contributed by atoms with van der Waals surface area (Å²) in [7, 11) is 0. The molecule has 104 valence electrons. The second-order valence-electron chi connectivity index (χ2n) is 4.44. The maximum atomic E-state index is 11.7. The molecule has 0 aliphatic rings. The van der Waals surface area contributed by atoms with Crippen LogP contribution in [0.5, 0.6) is 0 Å². The Morgan fingerprint density at radius 2 is 2.00 bits per heavy atom. The van der Waals surface area contributed by atoms with Gasteiger partial charge in [-0.05, 0) is 37.1 Å². The van der Waals surface area contributed by atoms with E-state index in [1.807, 2.05) is 6.92 Å². The summed E-state index contributed by atoms with van der Waals surface area (Å²) < 4.78 is 0. The standard InChI is InChI=1S/C14H15N3O3/c1-9-8-12(17-16-9)13(18)15-7-6-10-2-4-11(5-3-10)14(19)20/h2-5,8H,6-7H2,1H3,(H,15,18)(H,16,17)(H,19,20). The van der Waals surface area contributed by atoms with E-state index in [-0.39, 0.29) is 11.5 Å². The van der Waals surface area contributed by atoms with Crippen LogP contribution in [-0.4, -0.2) is 33.7 Å². The van der Waals surface area contributed by atoms with Gasteiger partial charge in [0.25, 0.3) is 5.91 Å². The highest BCUT2D eigenvalue weighted by molar-refractivity contribution is 5.92. The molecule has 0 saturated carbocycles. The molecule has 0 saturated heterocycles. The number of carboxylic acids is 1. The number of nitrogens with one attached hydrogen (secondary N) is 2. The topological polar surface area (TPSA) is 95.1 Å². The number of hydrogen-bond acceptors (Lipinski definition) is 3. The molecule has 1 heterocycles. The zero-order valence-electron chi connectivity index (χ0n) is 11.0. The van der Waals surface area contributed by atoms with Crippen LogP contribution in [0.25, 0.3) is 0 Å². The Labute approximate surface area is 115 Å². The fourth-order valence-electron chi connectivity index (χ4n) is 1.76. The highest BCUT2D eigenvalue weighted by Crippen LogP contribution is 2.05. The average molecular weight is 273 g/mol. The first-order chi connectivity index (χ1) is 9.56. The Bertz CT molecular complexity index is 617. The molecule has 3 N–H and O–H groups in total. The number of rotatable bonds is 5. The van der Waals surface area contributed by atoms with E-state index in [0.29, 0.717) is 18.7 Å². The molecule has 1 aromatic carbocycles. The highest BCUT2D eigenvalue weighted by atomic mass is 16.4. The van der Waals surface area contributed by atoms with Crippen LogP contribution in [0.2, 0.25) is 0 Å². The largest absolute Gasteiger partial charge is 0.478 e. The number of aromatic nitrogens is 2. The maximum Gasteiger partial charge on any atom is 0.335 e. The predicted molar refractivity (Wildman–Crippen MR) is 72.8 cm³/mol. The number of aromatic carboxylic acids is 1. The SMILES string of the molecule is Cc1cc(C(=O)NCCc2ccc(C(=O)O)cc2)n[nH]1. The average Bonchev–Trinajstić information content (AvgIpc) is 2.86. The van der Waals surface area contributed by atoms with E-state index < -0.39 is 5.97 Å². The van der Waals surface area contributed by atoms with E-state index in [0.717, 1.165) is 11.3 Å². The van der Waals surface area contributed by atoms with Crippen LogP contribution in [0.1, 0.15) is 32.1 Å². The molecular formula is C14H15N3O3. The quantitative estimate of drug-likeness (QED) is 0.767. The fraction of sp³-hybridized carbons (Fsp3) is 0.214. The van der Waals surface area contributed by atoms with Crippen LogP contribution in [0, 0.1) is 6.92 Å². The number of carboxylic acid groups (broad SMARTS) is 1. The molecule has 0 fully saturated rings. The zero-order valence-corrected chi connectivity index (χ0v) is 11.0. The smallest absolute Gasteiger partial charge is 0.335 e. The number of nitrogens with zero attached hydrogens (tertiary/aromatic N) is 1. The molecule has 1 amide bonds. The second-order valence-corrected chi connectivity index (χ2v) is 4.44. The van der Waals surface area contributed by atoms with Crippen molar-refractivity contribution < 1.29 is 14.7 Å². The van der Waals surface area contributed by atoms with Gasteiger partial charge in [0.1, 0.15) is 5.69 Å². The van der Waals surface area contributed by atoms with Gasteiger partial charge < -0.3 is 10.4 Å². The second kappa shape index (κ2) is 6.01. The molecule has 0 spiro atoms. The molecule has 0 atom stereocenters. The predicted octanol–water partition coefficient (Wildman–Crippen LogP) is 1.39. The summed E-state index contributed by atoms with van der Waals surface area (Å²) >= 11 is 0. The first-order valence-corrected chi connectivity index (χ1v) is 6.18. The molecule has 2 rings (SSSR count). The van der Waals surface area contributed by atoms with Crippen molar-refractivity contribution in [2.24, 2.45) is 0 Å². The Balaban J connectivity index is 1.83. The summed E-state index contributed by atoms with van der Waals surface area (Å²) in [6, 6.07) is 8.27. The van der Waals surface area contributed by atoms with E-state index in [4.69, 9.17) is 5.11 Å². The van der Waals surface area contributed by atoms with Crippen LogP contribution in [0.3, 0.4) is 0 Å². The first kappa shape index (κ1) is 13.8. The van der Waals surface area contributed by atoms with Crippen LogP contribution in [-0.2, 0) is 6.42 Å². The zero-order chi connectivity index (χ0) is 14.5. The van der Waals surface area contributed by atoms with Crippen LogP contribution < -0.4 is 5.32 Å². The van der Waals surface area contributed by atoms with Gasteiger partial charge in [0.05, 0.1) is 5.56 Å². The van der Waals surface area contributed by atoms with Crippen molar-refractivity contribution in [3.8, 4) is 0 Å². The molecule has 6 heteroatoms. The molecule has 0 aliphatic carbocycles. The molecular weight excluding hydrogens is 258 g/mol. The lowest BCUT2D eigenvalue weighted by molar-refractivity contribution is 0.0696. The molecule has 0 radical (unpaired) electrons. The number of H-pyrrole nitrogens is 1. The third-order valence-corrected chi connectivity index (χ3v) is 2.84. The number of carbonyl (C=O) groups is 2. The summed E-state index contributed by atoms with van der Waals surface area (Å²) in [5.41, 5.74) is 2.42. The number of benzene rings is 1. The highest BCUT2D eigenvalue weighted by Gasteiger charge is 2.08. The molecule has 20 heavy (non-hydrogen) atoms. The number of hydrogen-bond donors (Lipinski definition) is 3. The van der Waals surface area contributed by atoms with Crippen LogP contribution in [0.15, 0.2) is 30.3 Å². The molecule has 1 aromatic heterocycles. The van der Waals surface area contributed by atoms with Gasteiger partial charge in [0, 0.05) is 12.2 Å². The number of carbonyl (C=O) groups excluding carboxylic acids is 1. The third kappa shape index (κ3) is 3.44. The Hall–Kier alpha value is -2.63. The minimum absolute atomic E-state index is 0.225. The number of amides is 1. The van der Waals surface area contributed by atoms with Gasteiger partial charge in [0.15, 0.2) is 0 Å². The minimum Gasteiger partial charge on any atom is -0.478 e. The number of aromatic amines is 1. The van der Waals surface area contributed by atoms with E-state index in [2.05, 4.69) is 15.5 Å². The normalized spacial score (nSPS) is 10.2. The Morgan fingerprint density at radius 3 is 2.55 bits per heavy atom. The van der Waals surface area contributed by atoms with Crippen molar-refractivity contribution in [1.82, 2.24) is 15.5 Å². The first-order valence-electron chi connectivity index (χ1n) is 6.18. The molecule has 2 aromatic rings. The molecule has 6 nitrogen and oxygen atoms in total. The van der Waals surface area contributed by atoms with Crippen molar-refractivity contribution in [2.45, 2.75) is 13.3 Å². The van der Waals surface area contributed by atoms with Crippen molar-refractivity contribution in [2.75, 3.05) is 6.54 Å². The van der Waals surface area contributed by atoms with E-state index in [1.54, 1.807) is 30.3 Å². The van der Waals surface area contributed by atoms with Crippen LogP contribution in [0.4, 0.5) is 0 Å². The monoisotopic (exact) mass is 273 g/mol. The summed E-state index contributed by atoms with van der Waals surface area (Å²) in [6.45, 7) is 2.30. The summed E-state index contributed by atoms with van der Waals surface area (Å²) in [5.74, 6) is -1.17. The number of aryl methyl sites for hydroxylation is 1. The fourth-order valence-corrected chi connectivity index (χ4v) is 1.76. The summed E-state index contributed by atoms with van der Waals surface area (Å²) in [6.07, 6.45) is 0.634. The lowest BCUT2D eigenvalue weighted by atomic mass is 10.1. The lowest BCUT2D eigenvalue weighted by Crippen LogP contribution is -2.26.